The lowest BCUT2D eigenvalue weighted by atomic mass is 9.96. The highest BCUT2D eigenvalue weighted by molar-refractivity contribution is 6.36. The first-order chi connectivity index (χ1) is 20.8. The summed E-state index contributed by atoms with van der Waals surface area (Å²) in [6.07, 6.45) is 3.02. The van der Waals surface area contributed by atoms with Gasteiger partial charge in [-0.05, 0) is 57.3 Å². The van der Waals surface area contributed by atoms with Gasteiger partial charge >= 0.3 is 0 Å². The minimum Gasteiger partial charge on any atom is -0.484 e. The molecule has 0 bridgehead atoms. The summed E-state index contributed by atoms with van der Waals surface area (Å²) in [6.45, 7) is 9.49. The molecule has 0 radical (unpaired) electrons. The minimum absolute atomic E-state index is 0.109. The molecule has 3 aromatic rings. The Morgan fingerprint density at radius 2 is 2.02 bits per heavy atom. The molecule has 10 heteroatoms. The minimum atomic E-state index is -0.930. The molecule has 1 aromatic heterocycles. The maximum Gasteiger partial charge on any atom is 0.282 e. The summed E-state index contributed by atoms with van der Waals surface area (Å²) in [5.41, 5.74) is 4.19. The van der Waals surface area contributed by atoms with E-state index < -0.39 is 11.7 Å². The molecule has 0 N–H and O–H groups in total. The van der Waals surface area contributed by atoms with Crippen LogP contribution in [-0.4, -0.2) is 85.3 Å². The van der Waals surface area contributed by atoms with Gasteiger partial charge in [-0.3, -0.25) is 4.79 Å². The zero-order valence-corrected chi connectivity index (χ0v) is 25.4. The van der Waals surface area contributed by atoms with E-state index >= 15 is 0 Å². The number of fused-ring (bicyclic) bond motifs is 6. The Labute approximate surface area is 256 Å². The number of carbonyl (C=O) groups is 1. The van der Waals surface area contributed by atoms with Crippen molar-refractivity contribution in [3.63, 3.8) is 0 Å². The highest BCUT2D eigenvalue weighted by Gasteiger charge is 2.42. The molecule has 2 saturated heterocycles. The van der Waals surface area contributed by atoms with Gasteiger partial charge in [0.05, 0.1) is 29.0 Å². The Bertz CT molecular complexity index is 1600. The lowest BCUT2D eigenvalue weighted by Crippen LogP contribution is -2.62. The molecule has 0 saturated carbocycles. The van der Waals surface area contributed by atoms with E-state index in [2.05, 4.69) is 52.6 Å². The molecule has 2 fully saturated rings. The monoisotopic (exact) mass is 605 g/mol. The highest BCUT2D eigenvalue weighted by atomic mass is 35.5. The number of likely N-dealkylation sites (tertiary alicyclic amines) is 1. The largest absolute Gasteiger partial charge is 0.484 e. The molecule has 2 aromatic carbocycles. The fraction of sp³-hybridized carbons (Fsp3) is 0.455. The van der Waals surface area contributed by atoms with Crippen LogP contribution in [-0.2, 0) is 17.8 Å². The molecule has 4 aliphatic rings. The summed E-state index contributed by atoms with van der Waals surface area (Å²) in [5.74, 6) is -0.378. The Kier molecular flexibility index (Phi) is 7.33. The number of halogens is 2. The van der Waals surface area contributed by atoms with Gasteiger partial charge in [-0.15, -0.1) is 0 Å². The third kappa shape index (κ3) is 4.96. The fourth-order valence-electron chi connectivity index (χ4n) is 7.23. The number of anilines is 2. The van der Waals surface area contributed by atoms with Gasteiger partial charge in [-0.25, -0.2) is 9.37 Å². The molecule has 3 atom stereocenters. The summed E-state index contributed by atoms with van der Waals surface area (Å²) in [5, 5.41) is 2.88. The first kappa shape index (κ1) is 28.2. The Balaban J connectivity index is 1.27. The third-order valence-corrected chi connectivity index (χ3v) is 9.87. The Morgan fingerprint density at radius 1 is 1.21 bits per heavy atom. The standard InChI is InChI=1S/C33H37ClFN5O3/c1-20-15-40-24(16-39(20)33(41)21(2)35)19-42-31-30(40)25-12-14-38(28-11-5-8-22-7-4-10-26(34)29(22)28)17-27(25)36-32(31)43-18-23-9-6-13-37(23)3/h4-5,7-8,10-11,20,23-24H,2,6,9,12-19H2,1,3H3/t20-,23+,24-/m1/s1. The van der Waals surface area contributed by atoms with Crippen LogP contribution < -0.4 is 19.3 Å². The topological polar surface area (TPSA) is 61.4 Å². The van der Waals surface area contributed by atoms with Crippen LogP contribution in [0.5, 0.6) is 11.6 Å². The number of benzene rings is 2. The second-order valence-electron chi connectivity index (χ2n) is 12.2. The fourth-order valence-corrected chi connectivity index (χ4v) is 7.51. The SMILES string of the molecule is C=C(F)C(=O)N1C[C@@H]2COc3c(OC[C@@H]4CCCN4C)nc4c(c3N2C[C@H]1C)CCN(c1cccc2cccc(Cl)c12)C4. The van der Waals surface area contributed by atoms with Crippen molar-refractivity contribution in [2.75, 3.05) is 56.2 Å². The first-order valence-corrected chi connectivity index (χ1v) is 15.5. The number of aromatic nitrogens is 1. The zero-order valence-electron chi connectivity index (χ0n) is 24.7. The second-order valence-corrected chi connectivity index (χ2v) is 12.6. The van der Waals surface area contributed by atoms with Gasteiger partial charge in [0.15, 0.2) is 5.83 Å². The number of amides is 1. The van der Waals surface area contributed by atoms with E-state index in [1.54, 1.807) is 4.90 Å². The van der Waals surface area contributed by atoms with Gasteiger partial charge in [0.1, 0.15) is 13.2 Å². The van der Waals surface area contributed by atoms with E-state index in [0.717, 1.165) is 70.8 Å². The molecule has 226 valence electrons. The van der Waals surface area contributed by atoms with Crippen molar-refractivity contribution >= 4 is 39.7 Å². The number of piperazine rings is 1. The van der Waals surface area contributed by atoms with Gasteiger partial charge in [0, 0.05) is 48.4 Å². The van der Waals surface area contributed by atoms with Gasteiger partial charge in [-0.1, -0.05) is 42.4 Å². The van der Waals surface area contributed by atoms with E-state index in [-0.39, 0.29) is 12.1 Å². The number of hydrogen-bond acceptors (Lipinski definition) is 7. The number of rotatable bonds is 5. The summed E-state index contributed by atoms with van der Waals surface area (Å²) in [4.78, 5) is 26.3. The molecule has 0 aliphatic carbocycles. The van der Waals surface area contributed by atoms with Crippen LogP contribution >= 0.6 is 11.6 Å². The van der Waals surface area contributed by atoms with Crippen molar-refractivity contribution in [3.8, 4) is 11.6 Å². The number of carbonyl (C=O) groups excluding carboxylic acids is 1. The summed E-state index contributed by atoms with van der Waals surface area (Å²) < 4.78 is 26.8. The number of nitrogens with zero attached hydrogens (tertiary/aromatic N) is 5. The predicted octanol–water partition coefficient (Wildman–Crippen LogP) is 5.21. The van der Waals surface area contributed by atoms with Crippen LogP contribution in [0.15, 0.2) is 48.8 Å². The molecule has 7 rings (SSSR count). The average Bonchev–Trinajstić information content (AvgIpc) is 3.42. The van der Waals surface area contributed by atoms with Crippen LogP contribution in [0.4, 0.5) is 15.8 Å². The second kappa shape index (κ2) is 11.2. The van der Waals surface area contributed by atoms with Gasteiger partial charge < -0.3 is 29.1 Å². The van der Waals surface area contributed by atoms with E-state index in [1.165, 1.54) is 0 Å². The first-order valence-electron chi connectivity index (χ1n) is 15.2. The van der Waals surface area contributed by atoms with Crippen LogP contribution in [0.25, 0.3) is 10.8 Å². The van der Waals surface area contributed by atoms with E-state index in [1.807, 2.05) is 19.1 Å². The van der Waals surface area contributed by atoms with Crippen molar-refractivity contribution in [1.29, 1.82) is 0 Å². The molecular formula is C33H37ClFN5O3. The van der Waals surface area contributed by atoms with E-state index in [9.17, 15) is 9.18 Å². The van der Waals surface area contributed by atoms with Crippen molar-refractivity contribution in [2.24, 2.45) is 0 Å². The normalized spacial score (nSPS) is 23.4. The van der Waals surface area contributed by atoms with Gasteiger partial charge in [0.2, 0.25) is 5.75 Å². The van der Waals surface area contributed by atoms with Crippen molar-refractivity contribution in [3.05, 3.63) is 65.1 Å². The van der Waals surface area contributed by atoms with Crippen LogP contribution in [0.3, 0.4) is 0 Å². The van der Waals surface area contributed by atoms with Crippen molar-refractivity contribution in [1.82, 2.24) is 14.8 Å². The highest BCUT2D eigenvalue weighted by Crippen LogP contribution is 2.47. The van der Waals surface area contributed by atoms with Crippen LogP contribution in [0.1, 0.15) is 31.0 Å². The van der Waals surface area contributed by atoms with E-state index in [4.69, 9.17) is 26.1 Å². The lowest BCUT2D eigenvalue weighted by Gasteiger charge is -2.49. The third-order valence-electron chi connectivity index (χ3n) is 9.55. The number of hydrogen-bond donors (Lipinski definition) is 0. The lowest BCUT2D eigenvalue weighted by molar-refractivity contribution is -0.131. The summed E-state index contributed by atoms with van der Waals surface area (Å²) in [7, 11) is 2.14. The molecule has 0 unspecified atom stereocenters. The molecule has 1 amide bonds. The quantitative estimate of drug-likeness (QED) is 0.370. The van der Waals surface area contributed by atoms with Gasteiger partial charge in [-0.2, -0.15) is 0 Å². The predicted molar refractivity (Wildman–Crippen MR) is 167 cm³/mol. The maximum atomic E-state index is 13.9. The molecule has 8 nitrogen and oxygen atoms in total. The molecule has 5 heterocycles. The van der Waals surface area contributed by atoms with Crippen molar-refractivity contribution in [2.45, 2.75) is 50.9 Å². The zero-order chi connectivity index (χ0) is 29.8. The maximum absolute atomic E-state index is 13.9. The molecular weight excluding hydrogens is 569 g/mol. The summed E-state index contributed by atoms with van der Waals surface area (Å²) in [6, 6.07) is 12.3. The van der Waals surface area contributed by atoms with Crippen LogP contribution in [0.2, 0.25) is 5.02 Å². The molecule has 4 aliphatic heterocycles. The number of likely N-dealkylation sites (N-methyl/N-ethyl adjacent to an activating group) is 1. The summed E-state index contributed by atoms with van der Waals surface area (Å²) >= 11 is 6.71. The van der Waals surface area contributed by atoms with Crippen LogP contribution in [0, 0.1) is 0 Å². The molecule has 0 spiro atoms. The average molecular weight is 606 g/mol. The van der Waals surface area contributed by atoms with E-state index in [0.29, 0.717) is 50.5 Å². The number of pyridine rings is 1. The van der Waals surface area contributed by atoms with Gasteiger partial charge in [0.25, 0.3) is 11.8 Å². The Morgan fingerprint density at radius 3 is 2.79 bits per heavy atom. The van der Waals surface area contributed by atoms with Crippen molar-refractivity contribution < 1.29 is 18.7 Å². The smallest absolute Gasteiger partial charge is 0.282 e. The Hall–Kier alpha value is -3.56. The molecule has 43 heavy (non-hydrogen) atoms. The number of ether oxygens (including phenoxy) is 2.